The number of nitrogens with one attached hydrogen (secondary N) is 1. The number of aliphatic hydroxyl groups is 2. The van der Waals surface area contributed by atoms with E-state index in [0.29, 0.717) is 19.1 Å². The molecule has 0 heterocycles. The number of amides is 2. The zero-order valence-corrected chi connectivity index (χ0v) is 20.4. The molecule has 1 fully saturated rings. The summed E-state index contributed by atoms with van der Waals surface area (Å²) in [6.07, 6.45) is 7.47. The highest BCUT2D eigenvalue weighted by Crippen LogP contribution is 2.25. The van der Waals surface area contributed by atoms with Gasteiger partial charge in [0.2, 0.25) is 0 Å². The van der Waals surface area contributed by atoms with Crippen molar-refractivity contribution in [3.05, 3.63) is 24.4 Å². The van der Waals surface area contributed by atoms with Crippen molar-refractivity contribution < 1.29 is 24.5 Å². The number of carbonyl (C=O) groups excluding carboxylic acids is 2. The third kappa shape index (κ3) is 17.2. The molecule has 7 nitrogen and oxygen atoms in total. The molecule has 2 unspecified atom stereocenters. The molecule has 0 aromatic heterocycles. The second-order valence-electron chi connectivity index (χ2n) is 6.56. The van der Waals surface area contributed by atoms with Gasteiger partial charge < -0.3 is 20.3 Å². The first-order valence-electron chi connectivity index (χ1n) is 11.0. The van der Waals surface area contributed by atoms with Crippen molar-refractivity contribution in [1.82, 2.24) is 10.2 Å². The lowest BCUT2D eigenvalue weighted by Crippen LogP contribution is -2.42. The molecule has 0 bridgehead atoms. The van der Waals surface area contributed by atoms with Crippen molar-refractivity contribution in [3.8, 4) is 0 Å². The number of carbonyl (C=O) groups is 2. The van der Waals surface area contributed by atoms with Crippen molar-refractivity contribution in [2.75, 3.05) is 7.05 Å². The summed E-state index contributed by atoms with van der Waals surface area (Å²) in [6.45, 7) is 17.6. The predicted molar refractivity (Wildman–Crippen MR) is 124 cm³/mol. The van der Waals surface area contributed by atoms with E-state index in [1.165, 1.54) is 24.2 Å². The molecule has 0 aromatic carbocycles. The molecule has 1 aliphatic carbocycles. The molecule has 0 saturated heterocycles. The highest BCUT2D eigenvalue weighted by molar-refractivity contribution is 5.76. The first-order valence-corrected chi connectivity index (χ1v) is 11.0. The maximum absolute atomic E-state index is 11.7. The summed E-state index contributed by atoms with van der Waals surface area (Å²) >= 11 is 0. The van der Waals surface area contributed by atoms with Crippen molar-refractivity contribution in [2.24, 2.45) is 0 Å². The molecule has 3 N–H and O–H groups in total. The van der Waals surface area contributed by atoms with E-state index in [1.54, 1.807) is 6.92 Å². The number of urea groups is 1. The quantitative estimate of drug-likeness (QED) is 0.223. The van der Waals surface area contributed by atoms with Gasteiger partial charge in [-0.15, -0.1) is 6.58 Å². The first kappa shape index (κ1) is 33.0. The van der Waals surface area contributed by atoms with Gasteiger partial charge in [-0.3, -0.25) is 9.69 Å². The van der Waals surface area contributed by atoms with Crippen LogP contribution in [0, 0.1) is 0 Å². The van der Waals surface area contributed by atoms with Gasteiger partial charge in [0, 0.05) is 26.1 Å². The monoisotopic (exact) mass is 430 g/mol. The third-order valence-electron chi connectivity index (χ3n) is 3.99. The average molecular weight is 431 g/mol. The maximum Gasteiger partial charge on any atom is 0.323 e. The predicted octanol–water partition coefficient (Wildman–Crippen LogP) is 4.74. The van der Waals surface area contributed by atoms with E-state index in [2.05, 4.69) is 11.9 Å². The Morgan fingerprint density at radius 1 is 1.23 bits per heavy atom. The van der Waals surface area contributed by atoms with Crippen molar-refractivity contribution in [1.29, 1.82) is 0 Å². The van der Waals surface area contributed by atoms with E-state index in [1.807, 2.05) is 41.5 Å². The molecular formula is C23H46N2O5. The Morgan fingerprint density at radius 3 is 2.03 bits per heavy atom. The van der Waals surface area contributed by atoms with Crippen LogP contribution in [0.5, 0.6) is 0 Å². The van der Waals surface area contributed by atoms with Crippen LogP contribution in [0.25, 0.3) is 0 Å². The molecule has 1 saturated carbocycles. The fourth-order valence-electron chi connectivity index (χ4n) is 2.57. The summed E-state index contributed by atoms with van der Waals surface area (Å²) in [5, 5.41) is 20.0. The molecule has 0 aromatic rings. The highest BCUT2D eigenvalue weighted by Gasteiger charge is 2.27. The van der Waals surface area contributed by atoms with Crippen molar-refractivity contribution >= 4 is 12.3 Å². The lowest BCUT2D eigenvalue weighted by atomic mass is 10.1. The van der Waals surface area contributed by atoms with Gasteiger partial charge in [-0.1, -0.05) is 40.2 Å². The smallest absolute Gasteiger partial charge is 0.323 e. The average Bonchev–Trinajstić information content (AvgIpc) is 3.14. The Kier molecular flexibility index (Phi) is 22.6. The Bertz CT molecular complexity index is 470. The second-order valence-corrected chi connectivity index (χ2v) is 6.56. The molecule has 30 heavy (non-hydrogen) atoms. The van der Waals surface area contributed by atoms with Gasteiger partial charge in [0.05, 0.1) is 6.10 Å². The fraction of sp³-hybridized carbons (Fsp3) is 0.739. The van der Waals surface area contributed by atoms with Crippen LogP contribution in [0.4, 0.5) is 4.79 Å². The Balaban J connectivity index is -0.000000543. The number of hydrogen-bond donors (Lipinski definition) is 3. The van der Waals surface area contributed by atoms with Gasteiger partial charge in [0.1, 0.15) is 12.5 Å². The largest absolute Gasteiger partial charge is 0.366 e. The minimum absolute atomic E-state index is 0.00397. The number of rotatable bonds is 8. The molecule has 2 amide bonds. The number of ether oxygens (including phenoxy) is 1. The van der Waals surface area contributed by atoms with E-state index < -0.39 is 12.0 Å². The van der Waals surface area contributed by atoms with E-state index in [9.17, 15) is 9.59 Å². The minimum atomic E-state index is -1.31. The van der Waals surface area contributed by atoms with Crippen LogP contribution in [-0.4, -0.2) is 52.6 Å². The summed E-state index contributed by atoms with van der Waals surface area (Å²) in [5.41, 5.74) is 1.04. The van der Waals surface area contributed by atoms with Gasteiger partial charge in [0.15, 0.2) is 5.79 Å². The van der Waals surface area contributed by atoms with E-state index in [0.717, 1.165) is 31.3 Å². The third-order valence-corrected chi connectivity index (χ3v) is 3.99. The van der Waals surface area contributed by atoms with Gasteiger partial charge in [-0.25, -0.2) is 4.79 Å². The lowest BCUT2D eigenvalue weighted by molar-refractivity contribution is -0.152. The van der Waals surface area contributed by atoms with Crippen LogP contribution < -0.4 is 5.32 Å². The number of aldehydes is 1. The van der Waals surface area contributed by atoms with Crippen LogP contribution in [-0.2, 0) is 9.53 Å². The molecule has 1 rings (SSSR count). The van der Waals surface area contributed by atoms with E-state index in [4.69, 9.17) is 14.9 Å². The van der Waals surface area contributed by atoms with Crippen LogP contribution in [0.3, 0.4) is 0 Å². The summed E-state index contributed by atoms with van der Waals surface area (Å²) in [4.78, 5) is 23.4. The summed E-state index contributed by atoms with van der Waals surface area (Å²) in [6, 6.07) is -0.323. The molecule has 7 heteroatoms. The zero-order valence-electron chi connectivity index (χ0n) is 20.4. The van der Waals surface area contributed by atoms with E-state index >= 15 is 0 Å². The fourth-order valence-corrected chi connectivity index (χ4v) is 2.57. The van der Waals surface area contributed by atoms with Gasteiger partial charge >= 0.3 is 6.03 Å². The van der Waals surface area contributed by atoms with Crippen molar-refractivity contribution in [2.45, 2.75) is 105 Å². The minimum Gasteiger partial charge on any atom is -0.366 e. The zero-order chi connectivity index (χ0) is 24.2. The van der Waals surface area contributed by atoms with Gasteiger partial charge in [-0.05, 0) is 45.6 Å². The van der Waals surface area contributed by atoms with Crippen molar-refractivity contribution in [3.63, 3.8) is 0 Å². The first-order chi connectivity index (χ1) is 14.2. The van der Waals surface area contributed by atoms with Crippen LogP contribution in [0.15, 0.2) is 24.4 Å². The van der Waals surface area contributed by atoms with Crippen LogP contribution >= 0.6 is 0 Å². The normalized spacial score (nSPS) is 15.8. The molecule has 2 atom stereocenters. The Morgan fingerprint density at radius 2 is 1.73 bits per heavy atom. The van der Waals surface area contributed by atoms with Crippen LogP contribution in [0.2, 0.25) is 0 Å². The standard InChI is InChI=1S/C14H24N2O3.C5H10O2.2C2H6/c1-6-13(10-11(2)3)19-12(4)16(8-7-9-17)14(18)15-5;6-5(7)3-1-2-4-5;2*1-2/h7-9,12-13H,2,6,10H2,1,3-5H3,(H,15,18);6-7H,1-4H2;2*1-2H3/b8-7-;;;. The number of allylic oxidation sites excluding steroid dienone is 1. The van der Waals surface area contributed by atoms with Crippen LogP contribution in [0.1, 0.15) is 87.0 Å². The Hall–Kier alpha value is -1.70. The second kappa shape index (κ2) is 20.6. The number of hydrogen-bond acceptors (Lipinski definition) is 5. The van der Waals surface area contributed by atoms with Gasteiger partial charge in [0.25, 0.3) is 0 Å². The Labute approximate surface area is 184 Å². The SMILES string of the molecule is C=C(C)CC(CC)OC(C)N(/C=C\C=O)C(=O)NC.CC.CC.OC1(O)CCCC1. The molecule has 0 aliphatic heterocycles. The molecule has 0 spiro atoms. The maximum atomic E-state index is 11.7. The topological polar surface area (TPSA) is 99.1 Å². The summed E-state index contributed by atoms with van der Waals surface area (Å²) in [7, 11) is 1.53. The highest BCUT2D eigenvalue weighted by atomic mass is 16.5. The molecule has 1 aliphatic rings. The number of nitrogens with zero attached hydrogens (tertiary/aromatic N) is 1. The summed E-state index contributed by atoms with van der Waals surface area (Å²) < 4.78 is 5.83. The molecule has 0 radical (unpaired) electrons. The molecular weight excluding hydrogens is 384 g/mol. The van der Waals surface area contributed by atoms with E-state index in [-0.39, 0.29) is 12.1 Å². The van der Waals surface area contributed by atoms with Gasteiger partial charge in [-0.2, -0.15) is 0 Å². The summed E-state index contributed by atoms with van der Waals surface area (Å²) in [5.74, 6) is -1.31. The lowest BCUT2D eigenvalue weighted by Gasteiger charge is -2.29. The molecule has 178 valence electrons.